The number of hydrogen-bond acceptors (Lipinski definition) is 2. The second-order valence-electron chi connectivity index (χ2n) is 6.08. The Balaban J connectivity index is 1.77. The van der Waals surface area contributed by atoms with Gasteiger partial charge in [-0.2, -0.15) is 0 Å². The molecule has 124 valence electrons. The van der Waals surface area contributed by atoms with Crippen molar-refractivity contribution in [2.45, 2.75) is 13.3 Å². The van der Waals surface area contributed by atoms with Gasteiger partial charge < -0.3 is 15.2 Å². The molecule has 0 aliphatic rings. The fourth-order valence-electron chi connectivity index (χ4n) is 2.79. The van der Waals surface area contributed by atoms with E-state index in [1.807, 2.05) is 68.4 Å². The van der Waals surface area contributed by atoms with Crippen molar-refractivity contribution >= 4 is 39.8 Å². The van der Waals surface area contributed by atoms with Crippen LogP contribution >= 0.6 is 11.6 Å². The lowest BCUT2D eigenvalue weighted by Gasteiger charge is -2.13. The summed E-state index contributed by atoms with van der Waals surface area (Å²) in [7, 11) is 3.97. The molecule has 1 aromatic heterocycles. The third-order valence-corrected chi connectivity index (χ3v) is 4.32. The van der Waals surface area contributed by atoms with Crippen LogP contribution in [0.5, 0.6) is 0 Å². The van der Waals surface area contributed by atoms with E-state index in [1.54, 1.807) is 0 Å². The maximum absolute atomic E-state index is 12.4. The molecule has 3 aromatic rings. The molecule has 0 fully saturated rings. The van der Waals surface area contributed by atoms with Gasteiger partial charge in [0.15, 0.2) is 0 Å². The summed E-state index contributed by atoms with van der Waals surface area (Å²) in [6.07, 6.45) is 0.307. The number of hydrogen-bond donors (Lipinski definition) is 2. The Hall–Kier alpha value is -2.46. The number of H-pyrrole nitrogens is 1. The van der Waals surface area contributed by atoms with Crippen LogP contribution < -0.4 is 10.2 Å². The number of carbonyl (C=O) groups excluding carboxylic acids is 1. The van der Waals surface area contributed by atoms with Crippen LogP contribution in [0.2, 0.25) is 5.02 Å². The summed E-state index contributed by atoms with van der Waals surface area (Å²) < 4.78 is 0. The van der Waals surface area contributed by atoms with E-state index >= 15 is 0 Å². The highest BCUT2D eigenvalue weighted by atomic mass is 35.5. The molecule has 0 atom stereocenters. The van der Waals surface area contributed by atoms with Crippen LogP contribution in [0.15, 0.2) is 42.5 Å². The van der Waals surface area contributed by atoms with Crippen molar-refractivity contribution in [3.63, 3.8) is 0 Å². The van der Waals surface area contributed by atoms with Crippen molar-refractivity contribution in [2.24, 2.45) is 0 Å². The number of nitrogens with one attached hydrogen (secondary N) is 2. The number of benzene rings is 2. The van der Waals surface area contributed by atoms with Crippen LogP contribution in [0.3, 0.4) is 0 Å². The maximum Gasteiger partial charge on any atom is 0.228 e. The molecular formula is C19H20ClN3O. The molecule has 2 aromatic carbocycles. The molecule has 0 saturated carbocycles. The summed E-state index contributed by atoms with van der Waals surface area (Å²) in [5.74, 6) is -0.0448. The Morgan fingerprint density at radius 2 is 1.88 bits per heavy atom. The summed E-state index contributed by atoms with van der Waals surface area (Å²) in [5, 5.41) is 4.62. The lowest BCUT2D eigenvalue weighted by Crippen LogP contribution is -2.15. The Kier molecular flexibility index (Phi) is 4.49. The van der Waals surface area contributed by atoms with Crippen LogP contribution in [0.4, 0.5) is 11.4 Å². The van der Waals surface area contributed by atoms with E-state index in [4.69, 9.17) is 11.6 Å². The van der Waals surface area contributed by atoms with Crippen molar-refractivity contribution in [3.8, 4) is 0 Å². The van der Waals surface area contributed by atoms with Gasteiger partial charge in [-0.1, -0.05) is 11.6 Å². The summed E-state index contributed by atoms with van der Waals surface area (Å²) >= 11 is 6.09. The molecule has 0 saturated heterocycles. The number of fused-ring (bicyclic) bond motifs is 1. The van der Waals surface area contributed by atoms with Gasteiger partial charge in [0.05, 0.1) is 6.42 Å². The largest absolute Gasteiger partial charge is 0.378 e. The summed E-state index contributed by atoms with van der Waals surface area (Å²) in [5.41, 5.74) is 4.85. The predicted octanol–water partition coefficient (Wildman–Crippen LogP) is 4.38. The first kappa shape index (κ1) is 16.4. The van der Waals surface area contributed by atoms with Crippen LogP contribution in [-0.4, -0.2) is 25.0 Å². The Morgan fingerprint density at radius 3 is 2.54 bits per heavy atom. The molecule has 24 heavy (non-hydrogen) atoms. The first-order chi connectivity index (χ1) is 11.4. The summed E-state index contributed by atoms with van der Waals surface area (Å²) in [4.78, 5) is 17.7. The molecule has 1 heterocycles. The number of amides is 1. The molecule has 4 nitrogen and oxygen atoms in total. The molecular weight excluding hydrogens is 322 g/mol. The number of aromatic amines is 1. The second kappa shape index (κ2) is 6.57. The van der Waals surface area contributed by atoms with Crippen LogP contribution in [-0.2, 0) is 11.2 Å². The molecule has 2 N–H and O–H groups in total. The van der Waals surface area contributed by atoms with Crippen molar-refractivity contribution in [2.75, 3.05) is 24.3 Å². The molecule has 0 spiro atoms. The van der Waals surface area contributed by atoms with Gasteiger partial charge in [-0.05, 0) is 55.0 Å². The van der Waals surface area contributed by atoms with Crippen molar-refractivity contribution < 1.29 is 4.79 Å². The second-order valence-corrected chi connectivity index (χ2v) is 6.52. The van der Waals surface area contributed by atoms with E-state index in [2.05, 4.69) is 10.3 Å². The van der Waals surface area contributed by atoms with E-state index in [0.717, 1.165) is 33.5 Å². The number of aromatic nitrogens is 1. The minimum absolute atomic E-state index is 0.0448. The minimum atomic E-state index is -0.0448. The van der Waals surface area contributed by atoms with Crippen molar-refractivity contribution in [3.05, 3.63) is 58.7 Å². The third kappa shape index (κ3) is 3.39. The van der Waals surface area contributed by atoms with Gasteiger partial charge in [0, 0.05) is 47.1 Å². The topological polar surface area (TPSA) is 48.1 Å². The van der Waals surface area contributed by atoms with E-state index in [9.17, 15) is 4.79 Å². The number of anilines is 2. The zero-order chi connectivity index (χ0) is 17.3. The lowest BCUT2D eigenvalue weighted by atomic mass is 10.1. The van der Waals surface area contributed by atoms with Crippen LogP contribution in [0, 0.1) is 6.92 Å². The Labute approximate surface area is 146 Å². The van der Waals surface area contributed by atoms with Gasteiger partial charge >= 0.3 is 0 Å². The number of carbonyl (C=O) groups is 1. The Morgan fingerprint density at radius 1 is 1.17 bits per heavy atom. The SMILES string of the molecule is Cc1[nH]c2ccc(Cl)cc2c1CC(=O)Nc1ccc(N(C)C)cc1. The highest BCUT2D eigenvalue weighted by Crippen LogP contribution is 2.26. The van der Waals surface area contributed by atoms with Gasteiger partial charge in [0.25, 0.3) is 0 Å². The fraction of sp³-hybridized carbons (Fsp3) is 0.211. The monoisotopic (exact) mass is 341 g/mol. The Bertz CT molecular complexity index is 882. The average molecular weight is 342 g/mol. The quantitative estimate of drug-likeness (QED) is 0.740. The van der Waals surface area contributed by atoms with E-state index in [1.165, 1.54) is 0 Å². The fourth-order valence-corrected chi connectivity index (χ4v) is 2.96. The zero-order valence-electron chi connectivity index (χ0n) is 14.0. The van der Waals surface area contributed by atoms with Gasteiger partial charge in [0.2, 0.25) is 5.91 Å². The van der Waals surface area contributed by atoms with E-state index in [-0.39, 0.29) is 5.91 Å². The molecule has 0 radical (unpaired) electrons. The maximum atomic E-state index is 12.4. The molecule has 0 bridgehead atoms. The molecule has 0 aliphatic carbocycles. The standard InChI is InChI=1S/C19H20ClN3O/c1-12-16(17-10-13(20)4-9-18(17)21-12)11-19(24)22-14-5-7-15(8-6-14)23(2)3/h4-10,21H,11H2,1-3H3,(H,22,24). The zero-order valence-corrected chi connectivity index (χ0v) is 14.7. The van der Waals surface area contributed by atoms with Gasteiger partial charge in [-0.25, -0.2) is 0 Å². The van der Waals surface area contributed by atoms with Gasteiger partial charge in [-0.3, -0.25) is 4.79 Å². The highest BCUT2D eigenvalue weighted by Gasteiger charge is 2.13. The van der Waals surface area contributed by atoms with Crippen molar-refractivity contribution in [1.29, 1.82) is 0 Å². The van der Waals surface area contributed by atoms with Gasteiger partial charge in [0.1, 0.15) is 0 Å². The smallest absolute Gasteiger partial charge is 0.228 e. The van der Waals surface area contributed by atoms with Crippen molar-refractivity contribution in [1.82, 2.24) is 4.98 Å². The predicted molar refractivity (Wildman–Crippen MR) is 101 cm³/mol. The van der Waals surface area contributed by atoms with Crippen LogP contribution in [0.1, 0.15) is 11.3 Å². The highest BCUT2D eigenvalue weighted by molar-refractivity contribution is 6.31. The first-order valence-electron chi connectivity index (χ1n) is 7.78. The molecule has 1 amide bonds. The third-order valence-electron chi connectivity index (χ3n) is 4.09. The van der Waals surface area contributed by atoms with E-state index in [0.29, 0.717) is 11.4 Å². The molecule has 3 rings (SSSR count). The summed E-state index contributed by atoms with van der Waals surface area (Å²) in [6.45, 7) is 1.97. The van der Waals surface area contributed by atoms with Crippen LogP contribution in [0.25, 0.3) is 10.9 Å². The number of aryl methyl sites for hydroxylation is 1. The lowest BCUT2D eigenvalue weighted by molar-refractivity contribution is -0.115. The van der Waals surface area contributed by atoms with Gasteiger partial charge in [-0.15, -0.1) is 0 Å². The molecule has 0 aliphatic heterocycles. The van der Waals surface area contributed by atoms with E-state index < -0.39 is 0 Å². The number of nitrogens with zero attached hydrogens (tertiary/aromatic N) is 1. The summed E-state index contributed by atoms with van der Waals surface area (Å²) in [6, 6.07) is 13.5. The first-order valence-corrected chi connectivity index (χ1v) is 8.16. The average Bonchev–Trinajstić information content (AvgIpc) is 2.83. The number of halogens is 1. The minimum Gasteiger partial charge on any atom is -0.378 e. The molecule has 0 unspecified atom stereocenters. The number of rotatable bonds is 4. The normalized spacial score (nSPS) is 10.8. The molecule has 5 heteroatoms.